The van der Waals surface area contributed by atoms with E-state index >= 15 is 0 Å². The van der Waals surface area contributed by atoms with E-state index in [-0.39, 0.29) is 18.2 Å². The quantitative estimate of drug-likeness (QED) is 0.534. The normalized spacial score (nSPS) is 25.1. The molecule has 0 heterocycles. The lowest BCUT2D eigenvalue weighted by molar-refractivity contribution is -0.145. The van der Waals surface area contributed by atoms with E-state index in [9.17, 15) is 9.59 Å². The lowest BCUT2D eigenvalue weighted by atomic mass is 9.77. The van der Waals surface area contributed by atoms with Crippen molar-refractivity contribution in [2.24, 2.45) is 11.8 Å². The summed E-state index contributed by atoms with van der Waals surface area (Å²) in [6, 6.07) is 0. The summed E-state index contributed by atoms with van der Waals surface area (Å²) in [6.07, 6.45) is 5.37. The number of hydrogen-bond acceptors (Lipinski definition) is 3. The van der Waals surface area contributed by atoms with Crippen LogP contribution in [0, 0.1) is 11.8 Å². The molecule has 3 nitrogen and oxygen atoms in total. The number of hydrogen-bond donors (Lipinski definition) is 0. The molecule has 1 saturated carbocycles. The van der Waals surface area contributed by atoms with Crippen molar-refractivity contribution in [1.29, 1.82) is 0 Å². The molecule has 0 aromatic carbocycles. The highest BCUT2D eigenvalue weighted by Gasteiger charge is 2.24. The molecule has 2 atom stereocenters. The van der Waals surface area contributed by atoms with Crippen LogP contribution in [0.25, 0.3) is 0 Å². The highest BCUT2D eigenvalue weighted by molar-refractivity contribution is 5.95. The topological polar surface area (TPSA) is 43.4 Å². The minimum atomic E-state index is -0.379. The van der Waals surface area contributed by atoms with Crippen LogP contribution in [0.1, 0.15) is 52.4 Å². The van der Waals surface area contributed by atoms with Gasteiger partial charge in [0.25, 0.3) is 0 Å². The summed E-state index contributed by atoms with van der Waals surface area (Å²) in [4.78, 5) is 22.8. The van der Waals surface area contributed by atoms with Crippen LogP contribution in [-0.2, 0) is 14.3 Å². The Morgan fingerprint density at radius 3 is 2.56 bits per heavy atom. The number of esters is 1. The second kappa shape index (κ2) is 6.66. The molecule has 1 aliphatic carbocycles. The predicted molar refractivity (Wildman–Crippen MR) is 62.0 cm³/mol. The Kier molecular flexibility index (Phi) is 5.50. The number of rotatable bonds is 5. The first kappa shape index (κ1) is 13.2. The van der Waals surface area contributed by atoms with E-state index in [1.807, 2.05) is 0 Å². The molecule has 16 heavy (non-hydrogen) atoms. The summed E-state index contributed by atoms with van der Waals surface area (Å²) in [6.45, 7) is 4.32. The van der Waals surface area contributed by atoms with Gasteiger partial charge in [-0.25, -0.2) is 0 Å². The molecule has 3 heteroatoms. The van der Waals surface area contributed by atoms with Gasteiger partial charge in [-0.2, -0.15) is 0 Å². The van der Waals surface area contributed by atoms with Crippen LogP contribution in [0.4, 0.5) is 0 Å². The fourth-order valence-electron chi connectivity index (χ4n) is 2.43. The van der Waals surface area contributed by atoms with Gasteiger partial charge in [-0.05, 0) is 25.2 Å². The molecule has 0 bridgehead atoms. The molecule has 1 fully saturated rings. The monoisotopic (exact) mass is 226 g/mol. The van der Waals surface area contributed by atoms with Gasteiger partial charge in [-0.15, -0.1) is 0 Å². The SMILES string of the molecule is CCOC(=O)CC(=O)CC1CCCCC1C. The van der Waals surface area contributed by atoms with E-state index in [0.29, 0.717) is 24.9 Å². The third-order valence-electron chi connectivity index (χ3n) is 3.43. The summed E-state index contributed by atoms with van der Waals surface area (Å²) in [7, 11) is 0. The van der Waals surface area contributed by atoms with Crippen molar-refractivity contribution in [2.45, 2.75) is 52.4 Å². The van der Waals surface area contributed by atoms with Gasteiger partial charge in [0.2, 0.25) is 0 Å². The molecule has 0 aromatic heterocycles. The van der Waals surface area contributed by atoms with Gasteiger partial charge in [0.15, 0.2) is 0 Å². The van der Waals surface area contributed by atoms with Crippen LogP contribution < -0.4 is 0 Å². The van der Waals surface area contributed by atoms with Crippen molar-refractivity contribution < 1.29 is 14.3 Å². The molecule has 1 rings (SSSR count). The summed E-state index contributed by atoms with van der Waals surface area (Å²) in [5, 5.41) is 0. The van der Waals surface area contributed by atoms with E-state index in [1.54, 1.807) is 6.92 Å². The van der Waals surface area contributed by atoms with Crippen LogP contribution >= 0.6 is 0 Å². The molecule has 0 radical (unpaired) electrons. The molecule has 1 aliphatic rings. The maximum atomic E-state index is 11.6. The average molecular weight is 226 g/mol. The highest BCUT2D eigenvalue weighted by Crippen LogP contribution is 2.32. The van der Waals surface area contributed by atoms with Crippen LogP contribution in [0.5, 0.6) is 0 Å². The zero-order valence-electron chi connectivity index (χ0n) is 10.3. The van der Waals surface area contributed by atoms with Crippen molar-refractivity contribution in [1.82, 2.24) is 0 Å². The van der Waals surface area contributed by atoms with E-state index in [0.717, 1.165) is 6.42 Å². The van der Waals surface area contributed by atoms with Crippen molar-refractivity contribution in [3.63, 3.8) is 0 Å². The summed E-state index contributed by atoms with van der Waals surface area (Å²) < 4.78 is 4.77. The van der Waals surface area contributed by atoms with E-state index in [1.165, 1.54) is 19.3 Å². The van der Waals surface area contributed by atoms with Crippen LogP contribution in [0.15, 0.2) is 0 Å². The lowest BCUT2D eigenvalue weighted by Gasteiger charge is -2.27. The second-order valence-corrected chi connectivity index (χ2v) is 4.75. The van der Waals surface area contributed by atoms with Gasteiger partial charge >= 0.3 is 5.97 Å². The van der Waals surface area contributed by atoms with Crippen LogP contribution in [0.3, 0.4) is 0 Å². The van der Waals surface area contributed by atoms with E-state index in [2.05, 4.69) is 6.92 Å². The molecule has 0 spiro atoms. The van der Waals surface area contributed by atoms with Crippen molar-refractivity contribution in [3.05, 3.63) is 0 Å². The molecular weight excluding hydrogens is 204 g/mol. The highest BCUT2D eigenvalue weighted by atomic mass is 16.5. The molecule has 0 aromatic rings. The van der Waals surface area contributed by atoms with Gasteiger partial charge in [0, 0.05) is 6.42 Å². The zero-order chi connectivity index (χ0) is 12.0. The van der Waals surface area contributed by atoms with Gasteiger partial charge in [0.1, 0.15) is 12.2 Å². The number of ketones is 1. The maximum absolute atomic E-state index is 11.6. The molecule has 0 aliphatic heterocycles. The largest absolute Gasteiger partial charge is 0.466 e. The Morgan fingerprint density at radius 2 is 1.94 bits per heavy atom. The summed E-state index contributed by atoms with van der Waals surface area (Å²) in [5.41, 5.74) is 0. The summed E-state index contributed by atoms with van der Waals surface area (Å²) in [5.74, 6) is 0.767. The molecule has 92 valence electrons. The van der Waals surface area contributed by atoms with Gasteiger partial charge in [0.05, 0.1) is 6.61 Å². The number of ether oxygens (including phenoxy) is 1. The van der Waals surface area contributed by atoms with E-state index < -0.39 is 0 Å². The van der Waals surface area contributed by atoms with Crippen molar-refractivity contribution >= 4 is 11.8 Å². The first-order valence-corrected chi connectivity index (χ1v) is 6.30. The Bertz CT molecular complexity index is 248. The van der Waals surface area contributed by atoms with E-state index in [4.69, 9.17) is 4.74 Å². The smallest absolute Gasteiger partial charge is 0.313 e. The number of carbonyl (C=O) groups excluding carboxylic acids is 2. The Labute approximate surface area is 97.5 Å². The lowest BCUT2D eigenvalue weighted by Crippen LogP contribution is -2.21. The van der Waals surface area contributed by atoms with Gasteiger partial charge in [-0.1, -0.05) is 26.2 Å². The Balaban J connectivity index is 2.30. The number of carbonyl (C=O) groups is 2. The van der Waals surface area contributed by atoms with Gasteiger partial charge < -0.3 is 4.74 Å². The molecule has 0 amide bonds. The third-order valence-corrected chi connectivity index (χ3v) is 3.43. The van der Waals surface area contributed by atoms with Gasteiger partial charge in [-0.3, -0.25) is 9.59 Å². The zero-order valence-corrected chi connectivity index (χ0v) is 10.3. The molecule has 0 saturated heterocycles. The molecular formula is C13H22O3. The minimum absolute atomic E-state index is 0.0391. The second-order valence-electron chi connectivity index (χ2n) is 4.75. The third kappa shape index (κ3) is 4.33. The fourth-order valence-corrected chi connectivity index (χ4v) is 2.43. The fraction of sp³-hybridized carbons (Fsp3) is 0.846. The predicted octanol–water partition coefficient (Wildman–Crippen LogP) is 2.73. The number of Topliss-reactive ketones (excluding diaryl/α,β-unsaturated/α-hetero) is 1. The maximum Gasteiger partial charge on any atom is 0.313 e. The standard InChI is InChI=1S/C13H22O3/c1-3-16-13(15)9-12(14)8-11-7-5-4-6-10(11)2/h10-11H,3-9H2,1-2H3. The Hall–Kier alpha value is -0.860. The Morgan fingerprint density at radius 1 is 1.25 bits per heavy atom. The minimum Gasteiger partial charge on any atom is -0.466 e. The average Bonchev–Trinajstić information content (AvgIpc) is 2.21. The first-order chi connectivity index (χ1) is 7.63. The summed E-state index contributed by atoms with van der Waals surface area (Å²) >= 11 is 0. The van der Waals surface area contributed by atoms with Crippen LogP contribution in [0.2, 0.25) is 0 Å². The molecule has 0 N–H and O–H groups in total. The first-order valence-electron chi connectivity index (χ1n) is 6.30. The van der Waals surface area contributed by atoms with Crippen LogP contribution in [-0.4, -0.2) is 18.4 Å². The van der Waals surface area contributed by atoms with Crippen molar-refractivity contribution in [2.75, 3.05) is 6.61 Å². The molecule has 2 unspecified atom stereocenters. The van der Waals surface area contributed by atoms with Crippen molar-refractivity contribution in [3.8, 4) is 0 Å².